The number of carbonyl (C=O) groups is 3. The Labute approximate surface area is 158 Å². The molecule has 2 aromatic carbocycles. The van der Waals surface area contributed by atoms with Gasteiger partial charge in [-0.1, -0.05) is 36.4 Å². The molecule has 27 heavy (non-hydrogen) atoms. The van der Waals surface area contributed by atoms with Crippen molar-refractivity contribution in [3.63, 3.8) is 0 Å². The number of aliphatic carboxylic acids is 1. The van der Waals surface area contributed by atoms with E-state index >= 15 is 0 Å². The quantitative estimate of drug-likeness (QED) is 0.784. The van der Waals surface area contributed by atoms with E-state index in [0.717, 1.165) is 21.6 Å². The van der Waals surface area contributed by atoms with Crippen molar-refractivity contribution in [2.45, 2.75) is 26.3 Å². The molecular weight excluding hydrogens is 344 g/mol. The number of carbonyl (C=O) groups excluding carboxylic acids is 2. The van der Waals surface area contributed by atoms with Gasteiger partial charge in [0.1, 0.15) is 6.04 Å². The van der Waals surface area contributed by atoms with Crippen molar-refractivity contribution >= 4 is 17.8 Å². The van der Waals surface area contributed by atoms with Gasteiger partial charge in [-0.2, -0.15) is 0 Å². The molecule has 0 saturated heterocycles. The molecule has 2 N–H and O–H groups in total. The van der Waals surface area contributed by atoms with E-state index in [9.17, 15) is 19.5 Å². The summed E-state index contributed by atoms with van der Waals surface area (Å²) in [6, 6.07) is 13.4. The fraction of sp³-hybridized carbons (Fsp3) is 0.286. The number of rotatable bonds is 7. The minimum Gasteiger partial charge on any atom is -0.480 e. The summed E-state index contributed by atoms with van der Waals surface area (Å²) < 4.78 is 0. The van der Waals surface area contributed by atoms with Gasteiger partial charge in [0.25, 0.3) is 5.91 Å². The molecule has 0 saturated carbocycles. The third kappa shape index (κ3) is 5.41. The zero-order valence-electron chi connectivity index (χ0n) is 15.7. The number of benzene rings is 2. The zero-order chi connectivity index (χ0) is 20.0. The summed E-state index contributed by atoms with van der Waals surface area (Å²) in [5.41, 5.74) is 3.35. The van der Waals surface area contributed by atoms with E-state index in [-0.39, 0.29) is 18.9 Å². The highest BCUT2D eigenvalue weighted by Gasteiger charge is 2.27. The number of nitrogens with one attached hydrogen (secondary N) is 1. The zero-order valence-corrected chi connectivity index (χ0v) is 15.7. The third-order valence-electron chi connectivity index (χ3n) is 4.59. The van der Waals surface area contributed by atoms with Crippen LogP contribution in [0, 0.1) is 13.8 Å². The van der Waals surface area contributed by atoms with Crippen molar-refractivity contribution in [3.8, 4) is 0 Å². The maximum Gasteiger partial charge on any atom is 0.326 e. The topological polar surface area (TPSA) is 86.7 Å². The number of hydrogen-bond acceptors (Lipinski definition) is 3. The van der Waals surface area contributed by atoms with E-state index < -0.39 is 17.9 Å². The number of hydrogen-bond donors (Lipinski definition) is 2. The summed E-state index contributed by atoms with van der Waals surface area (Å²) in [5, 5.41) is 12.0. The fourth-order valence-corrected chi connectivity index (χ4v) is 2.67. The number of likely N-dealkylation sites (N-methyl/N-ethyl adjacent to an activating group) is 1. The van der Waals surface area contributed by atoms with Gasteiger partial charge in [0.15, 0.2) is 0 Å². The highest BCUT2D eigenvalue weighted by molar-refractivity contribution is 5.97. The van der Waals surface area contributed by atoms with Crippen molar-refractivity contribution in [1.29, 1.82) is 0 Å². The Hall–Kier alpha value is -3.15. The summed E-state index contributed by atoms with van der Waals surface area (Å²) in [7, 11) is 1.44. The Morgan fingerprint density at radius 3 is 2.30 bits per heavy atom. The first kappa shape index (κ1) is 20.2. The van der Waals surface area contributed by atoms with Crippen LogP contribution in [0.4, 0.5) is 0 Å². The van der Waals surface area contributed by atoms with Gasteiger partial charge in [0, 0.05) is 19.0 Å². The molecule has 0 radical (unpaired) electrons. The number of aryl methyl sites for hydroxylation is 2. The van der Waals surface area contributed by atoms with Crippen LogP contribution in [-0.4, -0.2) is 47.4 Å². The van der Waals surface area contributed by atoms with E-state index in [1.165, 1.54) is 7.05 Å². The maximum atomic E-state index is 12.4. The van der Waals surface area contributed by atoms with Crippen LogP contribution in [0.15, 0.2) is 48.5 Å². The van der Waals surface area contributed by atoms with E-state index in [2.05, 4.69) is 5.32 Å². The lowest BCUT2D eigenvalue weighted by Crippen LogP contribution is -2.47. The van der Waals surface area contributed by atoms with Crippen molar-refractivity contribution < 1.29 is 19.5 Å². The Morgan fingerprint density at radius 2 is 1.70 bits per heavy atom. The lowest BCUT2D eigenvalue weighted by molar-refractivity contribution is -0.148. The van der Waals surface area contributed by atoms with Crippen molar-refractivity contribution in [2.24, 2.45) is 0 Å². The SMILES string of the molecule is Cc1ccc(C(=O)NCC(=O)N(C)C(Cc2ccccc2)C(=O)O)cc1C. The molecule has 0 aliphatic carbocycles. The van der Waals surface area contributed by atoms with E-state index in [4.69, 9.17) is 0 Å². The molecule has 2 rings (SSSR count). The maximum absolute atomic E-state index is 12.4. The lowest BCUT2D eigenvalue weighted by Gasteiger charge is -2.25. The summed E-state index contributed by atoms with van der Waals surface area (Å²) in [6.07, 6.45) is 0.198. The van der Waals surface area contributed by atoms with Gasteiger partial charge in [0.2, 0.25) is 5.91 Å². The van der Waals surface area contributed by atoms with Crippen LogP contribution in [0.5, 0.6) is 0 Å². The van der Waals surface area contributed by atoms with Crippen LogP contribution in [0.3, 0.4) is 0 Å². The van der Waals surface area contributed by atoms with Crippen LogP contribution >= 0.6 is 0 Å². The molecular formula is C21H24N2O4. The average Bonchev–Trinajstić information content (AvgIpc) is 2.66. The van der Waals surface area contributed by atoms with Gasteiger partial charge in [-0.25, -0.2) is 4.79 Å². The van der Waals surface area contributed by atoms with Gasteiger partial charge in [0.05, 0.1) is 6.54 Å². The van der Waals surface area contributed by atoms with Crippen molar-refractivity contribution in [3.05, 3.63) is 70.8 Å². The summed E-state index contributed by atoms with van der Waals surface area (Å²) in [5.74, 6) is -1.92. The minimum atomic E-state index is -1.09. The Morgan fingerprint density at radius 1 is 1.04 bits per heavy atom. The molecule has 6 heteroatoms. The first-order valence-electron chi connectivity index (χ1n) is 8.67. The molecule has 0 bridgehead atoms. The minimum absolute atomic E-state index is 0.198. The molecule has 1 atom stereocenters. The molecule has 0 aliphatic heterocycles. The first-order valence-corrected chi connectivity index (χ1v) is 8.67. The molecule has 0 fully saturated rings. The Balaban J connectivity index is 1.99. The van der Waals surface area contributed by atoms with Crippen molar-refractivity contribution in [2.75, 3.05) is 13.6 Å². The van der Waals surface area contributed by atoms with Gasteiger partial charge in [-0.15, -0.1) is 0 Å². The van der Waals surface area contributed by atoms with Crippen LogP contribution in [0.25, 0.3) is 0 Å². The highest BCUT2D eigenvalue weighted by Crippen LogP contribution is 2.10. The van der Waals surface area contributed by atoms with Gasteiger partial charge in [-0.05, 0) is 42.7 Å². The second-order valence-electron chi connectivity index (χ2n) is 6.53. The first-order chi connectivity index (χ1) is 12.8. The normalized spacial score (nSPS) is 11.5. The van der Waals surface area contributed by atoms with E-state index in [0.29, 0.717) is 5.56 Å². The van der Waals surface area contributed by atoms with Gasteiger partial charge in [-0.3, -0.25) is 9.59 Å². The third-order valence-corrected chi connectivity index (χ3v) is 4.59. The van der Waals surface area contributed by atoms with Crippen LogP contribution in [0.2, 0.25) is 0 Å². The van der Waals surface area contributed by atoms with E-state index in [1.54, 1.807) is 12.1 Å². The molecule has 6 nitrogen and oxygen atoms in total. The van der Waals surface area contributed by atoms with Crippen molar-refractivity contribution in [1.82, 2.24) is 10.2 Å². The molecule has 142 valence electrons. The Bertz CT molecular complexity index is 833. The average molecular weight is 368 g/mol. The number of carboxylic acid groups (broad SMARTS) is 1. The summed E-state index contributed by atoms with van der Waals surface area (Å²) >= 11 is 0. The highest BCUT2D eigenvalue weighted by atomic mass is 16.4. The Kier molecular flexibility index (Phi) is 6.71. The predicted molar refractivity (Wildman–Crippen MR) is 103 cm³/mol. The molecule has 0 heterocycles. The smallest absolute Gasteiger partial charge is 0.326 e. The second-order valence-corrected chi connectivity index (χ2v) is 6.53. The van der Waals surface area contributed by atoms with Crippen LogP contribution in [-0.2, 0) is 16.0 Å². The lowest BCUT2D eigenvalue weighted by atomic mass is 10.0. The van der Waals surface area contributed by atoms with Gasteiger partial charge >= 0.3 is 5.97 Å². The summed E-state index contributed by atoms with van der Waals surface area (Å²) in [4.78, 5) is 37.4. The standard InChI is InChI=1S/C21H24N2O4/c1-14-9-10-17(11-15(14)2)20(25)22-13-19(24)23(3)18(21(26)27)12-16-7-5-4-6-8-16/h4-11,18H,12-13H2,1-3H3,(H,22,25)(H,26,27). The van der Waals surface area contributed by atoms with Gasteiger partial charge < -0.3 is 15.3 Å². The van der Waals surface area contributed by atoms with Crippen LogP contribution < -0.4 is 5.32 Å². The molecule has 0 aromatic heterocycles. The molecule has 0 spiro atoms. The number of nitrogens with zero attached hydrogens (tertiary/aromatic N) is 1. The molecule has 2 aromatic rings. The monoisotopic (exact) mass is 368 g/mol. The van der Waals surface area contributed by atoms with Crippen LogP contribution in [0.1, 0.15) is 27.0 Å². The number of carboxylic acids is 1. The number of amides is 2. The van der Waals surface area contributed by atoms with E-state index in [1.807, 2.05) is 50.2 Å². The largest absolute Gasteiger partial charge is 0.480 e. The summed E-state index contributed by atoms with van der Waals surface area (Å²) in [6.45, 7) is 3.60. The molecule has 2 amide bonds. The second kappa shape index (κ2) is 8.98. The molecule has 1 unspecified atom stereocenters. The fourth-order valence-electron chi connectivity index (χ4n) is 2.67. The molecule has 0 aliphatic rings. The predicted octanol–water partition coefficient (Wildman–Crippen LogP) is 2.19.